The second-order valence-electron chi connectivity index (χ2n) is 5.67. The molecule has 0 aromatic carbocycles. The van der Waals surface area contributed by atoms with Gasteiger partial charge in [-0.1, -0.05) is 0 Å². The number of carbonyl (C=O) groups is 1. The van der Waals surface area contributed by atoms with Crippen LogP contribution in [0.25, 0.3) is 0 Å². The SMILES string of the molecule is C[C@@H]1CC(C(=O)OC(C)(C)C)C[C@@H](C)N1. The van der Waals surface area contributed by atoms with Crippen LogP contribution in [0.2, 0.25) is 0 Å². The highest BCUT2D eigenvalue weighted by molar-refractivity contribution is 5.73. The zero-order valence-electron chi connectivity index (χ0n) is 10.5. The summed E-state index contributed by atoms with van der Waals surface area (Å²) >= 11 is 0. The molecule has 3 nitrogen and oxygen atoms in total. The van der Waals surface area contributed by atoms with Crippen molar-refractivity contribution in [3.63, 3.8) is 0 Å². The van der Waals surface area contributed by atoms with Gasteiger partial charge in [0, 0.05) is 12.1 Å². The summed E-state index contributed by atoms with van der Waals surface area (Å²) in [5.74, 6) is 0.0261. The van der Waals surface area contributed by atoms with Crippen LogP contribution in [-0.4, -0.2) is 23.7 Å². The maximum absolute atomic E-state index is 11.9. The van der Waals surface area contributed by atoms with E-state index in [1.165, 1.54) is 0 Å². The highest BCUT2D eigenvalue weighted by Gasteiger charge is 2.31. The molecule has 0 aromatic rings. The van der Waals surface area contributed by atoms with Gasteiger partial charge in [-0.2, -0.15) is 0 Å². The summed E-state index contributed by atoms with van der Waals surface area (Å²) in [7, 11) is 0. The molecule has 2 atom stereocenters. The normalized spacial score (nSPS) is 32.5. The van der Waals surface area contributed by atoms with E-state index in [1.54, 1.807) is 0 Å². The van der Waals surface area contributed by atoms with Gasteiger partial charge in [-0.25, -0.2) is 0 Å². The number of esters is 1. The van der Waals surface area contributed by atoms with Gasteiger partial charge >= 0.3 is 5.97 Å². The number of carbonyl (C=O) groups excluding carboxylic acids is 1. The molecule has 0 saturated carbocycles. The lowest BCUT2D eigenvalue weighted by Crippen LogP contribution is -2.45. The number of hydrogen-bond acceptors (Lipinski definition) is 3. The molecule has 0 unspecified atom stereocenters. The minimum Gasteiger partial charge on any atom is -0.460 e. The summed E-state index contributed by atoms with van der Waals surface area (Å²) in [6, 6.07) is 0.817. The first kappa shape index (κ1) is 12.5. The van der Waals surface area contributed by atoms with Gasteiger partial charge in [0.1, 0.15) is 5.60 Å². The summed E-state index contributed by atoms with van der Waals surface area (Å²) in [4.78, 5) is 11.9. The van der Waals surface area contributed by atoms with Crippen LogP contribution in [0.15, 0.2) is 0 Å². The van der Waals surface area contributed by atoms with Gasteiger partial charge in [0.25, 0.3) is 0 Å². The first-order chi connectivity index (χ1) is 6.78. The van der Waals surface area contributed by atoms with Crippen molar-refractivity contribution >= 4 is 5.97 Å². The van der Waals surface area contributed by atoms with Gasteiger partial charge in [0.05, 0.1) is 5.92 Å². The molecule has 88 valence electrons. The molecule has 0 spiro atoms. The molecule has 1 aliphatic rings. The highest BCUT2D eigenvalue weighted by Crippen LogP contribution is 2.23. The minimum atomic E-state index is -0.367. The van der Waals surface area contributed by atoms with Crippen molar-refractivity contribution in [1.29, 1.82) is 0 Å². The van der Waals surface area contributed by atoms with E-state index in [0.717, 1.165) is 12.8 Å². The lowest BCUT2D eigenvalue weighted by atomic mass is 9.89. The molecule has 1 saturated heterocycles. The molecule has 0 aliphatic carbocycles. The second kappa shape index (κ2) is 4.52. The van der Waals surface area contributed by atoms with Crippen molar-refractivity contribution in [3.05, 3.63) is 0 Å². The zero-order valence-corrected chi connectivity index (χ0v) is 10.5. The molecule has 1 rings (SSSR count). The van der Waals surface area contributed by atoms with Crippen LogP contribution in [0.5, 0.6) is 0 Å². The summed E-state index contributed by atoms with van der Waals surface area (Å²) in [5, 5.41) is 3.42. The lowest BCUT2D eigenvalue weighted by Gasteiger charge is -2.33. The quantitative estimate of drug-likeness (QED) is 0.678. The largest absolute Gasteiger partial charge is 0.460 e. The predicted octanol–water partition coefficient (Wildman–Crippen LogP) is 2.10. The van der Waals surface area contributed by atoms with Crippen LogP contribution in [0.1, 0.15) is 47.5 Å². The number of hydrogen-bond donors (Lipinski definition) is 1. The smallest absolute Gasteiger partial charge is 0.309 e. The molecule has 15 heavy (non-hydrogen) atoms. The molecule has 0 radical (unpaired) electrons. The Morgan fingerprint density at radius 3 is 2.07 bits per heavy atom. The molecule has 1 N–H and O–H groups in total. The monoisotopic (exact) mass is 213 g/mol. The number of piperidine rings is 1. The van der Waals surface area contributed by atoms with E-state index in [2.05, 4.69) is 19.2 Å². The average Bonchev–Trinajstić information content (AvgIpc) is 1.98. The van der Waals surface area contributed by atoms with Gasteiger partial charge in [-0.3, -0.25) is 4.79 Å². The molecular formula is C12H23NO2. The molecular weight excluding hydrogens is 190 g/mol. The number of ether oxygens (including phenoxy) is 1. The topological polar surface area (TPSA) is 38.3 Å². The van der Waals surface area contributed by atoms with Crippen LogP contribution < -0.4 is 5.32 Å². The van der Waals surface area contributed by atoms with Crippen molar-refractivity contribution in [1.82, 2.24) is 5.32 Å². The first-order valence-corrected chi connectivity index (χ1v) is 5.77. The average molecular weight is 213 g/mol. The van der Waals surface area contributed by atoms with Crippen LogP contribution in [0, 0.1) is 5.92 Å². The molecule has 0 bridgehead atoms. The van der Waals surface area contributed by atoms with Crippen LogP contribution in [0.3, 0.4) is 0 Å². The third-order valence-corrected chi connectivity index (χ3v) is 2.59. The Morgan fingerprint density at radius 2 is 1.67 bits per heavy atom. The van der Waals surface area contributed by atoms with E-state index >= 15 is 0 Å². The van der Waals surface area contributed by atoms with Crippen LogP contribution in [-0.2, 0) is 9.53 Å². The summed E-state index contributed by atoms with van der Waals surface area (Å²) in [5.41, 5.74) is -0.367. The van der Waals surface area contributed by atoms with E-state index in [9.17, 15) is 4.79 Å². The lowest BCUT2D eigenvalue weighted by molar-refractivity contribution is -0.161. The van der Waals surface area contributed by atoms with Gasteiger partial charge < -0.3 is 10.1 Å². The fraction of sp³-hybridized carbons (Fsp3) is 0.917. The predicted molar refractivity (Wildman–Crippen MR) is 60.6 cm³/mol. The van der Waals surface area contributed by atoms with E-state index in [0.29, 0.717) is 12.1 Å². The first-order valence-electron chi connectivity index (χ1n) is 5.77. The van der Waals surface area contributed by atoms with Gasteiger partial charge in [-0.05, 0) is 47.5 Å². The molecule has 0 aromatic heterocycles. The van der Waals surface area contributed by atoms with Crippen molar-refractivity contribution in [2.75, 3.05) is 0 Å². The van der Waals surface area contributed by atoms with Crippen molar-refractivity contribution in [3.8, 4) is 0 Å². The Labute approximate surface area is 92.6 Å². The van der Waals surface area contributed by atoms with E-state index in [-0.39, 0.29) is 17.5 Å². The Morgan fingerprint density at radius 1 is 1.20 bits per heavy atom. The summed E-state index contributed by atoms with van der Waals surface area (Å²) in [6.07, 6.45) is 1.78. The van der Waals surface area contributed by atoms with Crippen molar-refractivity contribution in [2.45, 2.75) is 65.1 Å². The van der Waals surface area contributed by atoms with Crippen LogP contribution >= 0.6 is 0 Å². The third-order valence-electron chi connectivity index (χ3n) is 2.59. The standard InChI is InChI=1S/C12H23NO2/c1-8-6-10(7-9(2)13-8)11(14)15-12(3,4)5/h8-10,13H,6-7H2,1-5H3/t8-,9-/m1/s1. The van der Waals surface area contributed by atoms with E-state index in [4.69, 9.17) is 4.74 Å². The minimum absolute atomic E-state index is 0.0392. The van der Waals surface area contributed by atoms with Gasteiger partial charge in [0.15, 0.2) is 0 Å². The highest BCUT2D eigenvalue weighted by atomic mass is 16.6. The van der Waals surface area contributed by atoms with E-state index < -0.39 is 0 Å². The summed E-state index contributed by atoms with van der Waals surface area (Å²) < 4.78 is 5.41. The Hall–Kier alpha value is -0.570. The Bertz CT molecular complexity index is 222. The number of rotatable bonds is 1. The van der Waals surface area contributed by atoms with Crippen molar-refractivity contribution in [2.24, 2.45) is 5.92 Å². The maximum atomic E-state index is 11.9. The van der Waals surface area contributed by atoms with E-state index in [1.807, 2.05) is 20.8 Å². The second-order valence-corrected chi connectivity index (χ2v) is 5.67. The molecule has 1 heterocycles. The fourth-order valence-corrected chi connectivity index (χ4v) is 2.15. The molecule has 0 amide bonds. The van der Waals surface area contributed by atoms with Gasteiger partial charge in [0.2, 0.25) is 0 Å². The zero-order chi connectivity index (χ0) is 11.6. The number of nitrogens with one attached hydrogen (secondary N) is 1. The van der Waals surface area contributed by atoms with Gasteiger partial charge in [-0.15, -0.1) is 0 Å². The fourth-order valence-electron chi connectivity index (χ4n) is 2.15. The Balaban J connectivity index is 2.52. The summed E-state index contributed by atoms with van der Waals surface area (Å²) in [6.45, 7) is 9.98. The Kier molecular flexibility index (Phi) is 3.77. The third kappa shape index (κ3) is 4.20. The van der Waals surface area contributed by atoms with Crippen LogP contribution in [0.4, 0.5) is 0 Å². The molecule has 1 aliphatic heterocycles. The van der Waals surface area contributed by atoms with Crippen molar-refractivity contribution < 1.29 is 9.53 Å². The maximum Gasteiger partial charge on any atom is 0.309 e. The molecule has 3 heteroatoms. The molecule has 1 fully saturated rings.